The molecule has 0 aromatic carbocycles. The predicted molar refractivity (Wildman–Crippen MR) is 45.9 cm³/mol. The second-order valence-corrected chi connectivity index (χ2v) is 4.48. The highest BCUT2D eigenvalue weighted by Crippen LogP contribution is 2.28. The SMILES string of the molecule is Cl[C@@H]1CCCC[C@@H]1I. The summed E-state index contributed by atoms with van der Waals surface area (Å²) in [6.45, 7) is 0. The summed E-state index contributed by atoms with van der Waals surface area (Å²) in [5.74, 6) is 0. The van der Waals surface area contributed by atoms with Crippen molar-refractivity contribution >= 4 is 34.2 Å². The lowest BCUT2D eigenvalue weighted by molar-refractivity contribution is 0.534. The van der Waals surface area contributed by atoms with Crippen LogP contribution in [0, 0.1) is 0 Å². The third kappa shape index (κ3) is 1.76. The minimum absolute atomic E-state index is 0.462. The third-order valence-corrected chi connectivity index (χ3v) is 4.04. The van der Waals surface area contributed by atoms with Gasteiger partial charge in [0.1, 0.15) is 0 Å². The van der Waals surface area contributed by atoms with Crippen molar-refractivity contribution in [3.8, 4) is 0 Å². The Kier molecular flexibility index (Phi) is 2.90. The molecule has 0 aromatic rings. The van der Waals surface area contributed by atoms with Crippen molar-refractivity contribution < 1.29 is 0 Å². The van der Waals surface area contributed by atoms with E-state index < -0.39 is 0 Å². The van der Waals surface area contributed by atoms with Crippen LogP contribution in [0.2, 0.25) is 0 Å². The molecule has 0 aromatic heterocycles. The van der Waals surface area contributed by atoms with Crippen LogP contribution in [0.3, 0.4) is 0 Å². The molecule has 0 unspecified atom stereocenters. The van der Waals surface area contributed by atoms with Crippen LogP contribution in [0.25, 0.3) is 0 Å². The fourth-order valence-corrected chi connectivity index (χ4v) is 2.12. The molecular formula is C6H10ClI. The lowest BCUT2D eigenvalue weighted by atomic mass is 10.0. The van der Waals surface area contributed by atoms with Crippen molar-refractivity contribution in [3.63, 3.8) is 0 Å². The Morgan fingerprint density at radius 2 is 1.88 bits per heavy atom. The number of halogens is 2. The van der Waals surface area contributed by atoms with Gasteiger partial charge in [-0.3, -0.25) is 0 Å². The van der Waals surface area contributed by atoms with Crippen molar-refractivity contribution in [1.82, 2.24) is 0 Å². The molecule has 48 valence electrons. The van der Waals surface area contributed by atoms with E-state index in [9.17, 15) is 0 Å². The molecule has 1 saturated carbocycles. The molecule has 0 nitrogen and oxygen atoms in total. The zero-order valence-corrected chi connectivity index (χ0v) is 7.65. The third-order valence-electron chi connectivity index (χ3n) is 1.60. The van der Waals surface area contributed by atoms with Gasteiger partial charge < -0.3 is 0 Å². The van der Waals surface area contributed by atoms with Gasteiger partial charge in [0.25, 0.3) is 0 Å². The fraction of sp³-hybridized carbons (Fsp3) is 1.00. The Hall–Kier alpha value is 1.02. The van der Waals surface area contributed by atoms with Crippen LogP contribution in [0.15, 0.2) is 0 Å². The molecule has 0 radical (unpaired) electrons. The summed E-state index contributed by atoms with van der Waals surface area (Å²) < 4.78 is 0.739. The topological polar surface area (TPSA) is 0 Å². The van der Waals surface area contributed by atoms with Gasteiger partial charge in [0.2, 0.25) is 0 Å². The largest absolute Gasteiger partial charge is 0.122 e. The van der Waals surface area contributed by atoms with Gasteiger partial charge in [-0.1, -0.05) is 35.4 Å². The van der Waals surface area contributed by atoms with E-state index in [0.29, 0.717) is 5.38 Å². The first-order chi connectivity index (χ1) is 3.80. The molecule has 0 amide bonds. The molecule has 0 spiro atoms. The lowest BCUT2D eigenvalue weighted by Gasteiger charge is -2.21. The first-order valence-electron chi connectivity index (χ1n) is 3.09. The molecule has 1 aliphatic carbocycles. The first kappa shape index (κ1) is 7.13. The second kappa shape index (κ2) is 3.25. The molecule has 0 heterocycles. The maximum absolute atomic E-state index is 5.96. The van der Waals surface area contributed by atoms with Gasteiger partial charge in [-0.25, -0.2) is 0 Å². The Morgan fingerprint density at radius 1 is 1.25 bits per heavy atom. The molecule has 0 saturated heterocycles. The zero-order chi connectivity index (χ0) is 5.98. The summed E-state index contributed by atoms with van der Waals surface area (Å²) in [6.07, 6.45) is 5.29. The second-order valence-electron chi connectivity index (χ2n) is 2.32. The summed E-state index contributed by atoms with van der Waals surface area (Å²) in [5.41, 5.74) is 0. The minimum Gasteiger partial charge on any atom is -0.122 e. The highest BCUT2D eigenvalue weighted by atomic mass is 127. The van der Waals surface area contributed by atoms with E-state index in [-0.39, 0.29) is 0 Å². The summed E-state index contributed by atoms with van der Waals surface area (Å²) in [5, 5.41) is 0.462. The van der Waals surface area contributed by atoms with Crippen molar-refractivity contribution in [3.05, 3.63) is 0 Å². The summed E-state index contributed by atoms with van der Waals surface area (Å²) in [4.78, 5) is 0. The van der Waals surface area contributed by atoms with Gasteiger partial charge in [0.15, 0.2) is 0 Å². The molecule has 0 bridgehead atoms. The quantitative estimate of drug-likeness (QED) is 0.454. The fourth-order valence-electron chi connectivity index (χ4n) is 1.04. The molecule has 8 heavy (non-hydrogen) atoms. The van der Waals surface area contributed by atoms with Crippen LogP contribution in [0.4, 0.5) is 0 Å². The van der Waals surface area contributed by atoms with Crippen LogP contribution < -0.4 is 0 Å². The number of alkyl halides is 2. The van der Waals surface area contributed by atoms with Gasteiger partial charge in [0, 0.05) is 9.30 Å². The Labute approximate surface area is 69.1 Å². The Bertz CT molecular complexity index is 64.9. The summed E-state index contributed by atoms with van der Waals surface area (Å²) in [7, 11) is 0. The Balaban J connectivity index is 2.28. The van der Waals surface area contributed by atoms with Gasteiger partial charge >= 0.3 is 0 Å². The van der Waals surface area contributed by atoms with E-state index in [4.69, 9.17) is 11.6 Å². The predicted octanol–water partition coefficient (Wildman–Crippen LogP) is 2.97. The average Bonchev–Trinajstić information content (AvgIpc) is 1.77. The van der Waals surface area contributed by atoms with E-state index in [0.717, 1.165) is 3.92 Å². The molecule has 2 atom stereocenters. The molecule has 2 heteroatoms. The van der Waals surface area contributed by atoms with Crippen LogP contribution in [0.5, 0.6) is 0 Å². The highest BCUT2D eigenvalue weighted by molar-refractivity contribution is 14.1. The zero-order valence-electron chi connectivity index (χ0n) is 4.74. The number of hydrogen-bond acceptors (Lipinski definition) is 0. The van der Waals surface area contributed by atoms with Gasteiger partial charge in [-0.05, 0) is 12.8 Å². The maximum atomic E-state index is 5.96. The first-order valence-corrected chi connectivity index (χ1v) is 4.77. The Morgan fingerprint density at radius 3 is 2.25 bits per heavy atom. The van der Waals surface area contributed by atoms with E-state index in [2.05, 4.69) is 22.6 Å². The van der Waals surface area contributed by atoms with Crippen LogP contribution in [0.1, 0.15) is 25.7 Å². The van der Waals surface area contributed by atoms with E-state index in [1.165, 1.54) is 25.7 Å². The lowest BCUT2D eigenvalue weighted by Crippen LogP contribution is -2.18. The minimum atomic E-state index is 0.462. The maximum Gasteiger partial charge on any atom is 0.0453 e. The van der Waals surface area contributed by atoms with Crippen LogP contribution in [-0.4, -0.2) is 9.30 Å². The van der Waals surface area contributed by atoms with Gasteiger partial charge in [0.05, 0.1) is 0 Å². The van der Waals surface area contributed by atoms with Gasteiger partial charge in [-0.15, -0.1) is 11.6 Å². The van der Waals surface area contributed by atoms with Crippen molar-refractivity contribution in [2.75, 3.05) is 0 Å². The molecule has 1 fully saturated rings. The normalized spacial score (nSPS) is 39.8. The summed E-state index contributed by atoms with van der Waals surface area (Å²) >= 11 is 8.41. The van der Waals surface area contributed by atoms with E-state index in [1.807, 2.05) is 0 Å². The molecule has 1 aliphatic rings. The molecule has 0 aliphatic heterocycles. The average molecular weight is 245 g/mol. The standard InChI is InChI=1S/C6H10ClI/c7-5-3-1-2-4-6(5)8/h5-6H,1-4H2/t5-,6+/m1/s1. The number of rotatable bonds is 0. The van der Waals surface area contributed by atoms with Crippen molar-refractivity contribution in [1.29, 1.82) is 0 Å². The summed E-state index contributed by atoms with van der Waals surface area (Å²) in [6, 6.07) is 0. The van der Waals surface area contributed by atoms with E-state index >= 15 is 0 Å². The van der Waals surface area contributed by atoms with Crippen LogP contribution >= 0.6 is 34.2 Å². The monoisotopic (exact) mass is 244 g/mol. The highest BCUT2D eigenvalue weighted by Gasteiger charge is 2.19. The van der Waals surface area contributed by atoms with Crippen molar-refractivity contribution in [2.24, 2.45) is 0 Å². The molecule has 0 N–H and O–H groups in total. The van der Waals surface area contributed by atoms with E-state index in [1.54, 1.807) is 0 Å². The molecular weight excluding hydrogens is 234 g/mol. The number of hydrogen-bond donors (Lipinski definition) is 0. The molecule has 1 rings (SSSR count). The van der Waals surface area contributed by atoms with Gasteiger partial charge in [-0.2, -0.15) is 0 Å². The van der Waals surface area contributed by atoms with Crippen molar-refractivity contribution in [2.45, 2.75) is 35.0 Å². The van der Waals surface area contributed by atoms with Crippen LogP contribution in [-0.2, 0) is 0 Å². The smallest absolute Gasteiger partial charge is 0.0453 e.